The molecule has 4 aromatic carbocycles. The Labute approximate surface area is 399 Å². The standard InChI is InChI=1S/C46H56Br4N8O4/c47-39-3-7-43(59)35(27-39)31-51-11-19-55-15-1-16-56(20-12-52-32-36-28-40(48)4-8-44(36)60)24-26-58(22-14-54-34-38-30-42(50)6-10-46(38)62)18-2-17-57(25-23-55)21-13-53-33-37-29-41(49)5-9-45(37)61/h3-10,27-34,59-62H,1-2,11-26H2. The van der Waals surface area contributed by atoms with Crippen molar-refractivity contribution in [2.75, 3.05) is 105 Å². The second-order valence-corrected chi connectivity index (χ2v) is 18.7. The first-order chi connectivity index (χ1) is 30.0. The highest BCUT2D eigenvalue weighted by molar-refractivity contribution is 9.11. The Balaban J connectivity index is 1.28. The molecule has 0 saturated carbocycles. The predicted molar refractivity (Wildman–Crippen MR) is 268 cm³/mol. The molecule has 1 aliphatic heterocycles. The number of halogens is 4. The highest BCUT2D eigenvalue weighted by atomic mass is 79.9. The second-order valence-electron chi connectivity index (χ2n) is 15.0. The summed E-state index contributed by atoms with van der Waals surface area (Å²) < 4.78 is 3.56. The predicted octanol–water partition coefficient (Wildman–Crippen LogP) is 8.34. The van der Waals surface area contributed by atoms with E-state index in [1.54, 1.807) is 49.1 Å². The lowest BCUT2D eigenvalue weighted by Crippen LogP contribution is -2.43. The van der Waals surface area contributed by atoms with E-state index in [9.17, 15) is 20.4 Å². The summed E-state index contributed by atoms with van der Waals surface area (Å²) in [7, 11) is 0. The van der Waals surface area contributed by atoms with Gasteiger partial charge in [0, 0.05) is 117 Å². The Hall–Kier alpha value is -3.48. The number of phenolic OH excluding ortho intramolecular Hbond substituents is 4. The summed E-state index contributed by atoms with van der Waals surface area (Å²) in [5, 5.41) is 41.3. The van der Waals surface area contributed by atoms with Crippen LogP contribution in [0.1, 0.15) is 35.1 Å². The summed E-state index contributed by atoms with van der Waals surface area (Å²) in [5.41, 5.74) is 2.73. The average Bonchev–Trinajstić information content (AvgIpc) is 3.25. The van der Waals surface area contributed by atoms with Crippen LogP contribution in [0.15, 0.2) is 111 Å². The van der Waals surface area contributed by atoms with Gasteiger partial charge in [-0.1, -0.05) is 63.7 Å². The van der Waals surface area contributed by atoms with Gasteiger partial charge in [0.2, 0.25) is 0 Å². The first-order valence-electron chi connectivity index (χ1n) is 20.8. The summed E-state index contributed by atoms with van der Waals surface area (Å²) in [6, 6.07) is 21.4. The lowest BCUT2D eigenvalue weighted by Gasteiger charge is -2.31. The summed E-state index contributed by atoms with van der Waals surface area (Å²) >= 11 is 14.0. The molecule has 1 saturated heterocycles. The molecule has 0 amide bonds. The minimum Gasteiger partial charge on any atom is -0.507 e. The first-order valence-corrected chi connectivity index (χ1v) is 24.0. The van der Waals surface area contributed by atoms with Crippen molar-refractivity contribution in [1.29, 1.82) is 0 Å². The zero-order valence-corrected chi connectivity index (χ0v) is 41.2. The molecule has 1 aliphatic rings. The topological polar surface area (TPSA) is 143 Å². The molecule has 16 heteroatoms. The van der Waals surface area contributed by atoms with Gasteiger partial charge >= 0.3 is 0 Å². The van der Waals surface area contributed by atoms with Crippen molar-refractivity contribution in [1.82, 2.24) is 19.6 Å². The smallest absolute Gasteiger partial charge is 0.124 e. The van der Waals surface area contributed by atoms with Gasteiger partial charge in [0.25, 0.3) is 0 Å². The van der Waals surface area contributed by atoms with E-state index in [2.05, 4.69) is 83.3 Å². The number of phenols is 4. The molecule has 4 aromatic rings. The number of aliphatic imine (C=N–C) groups is 4. The normalized spacial score (nSPS) is 16.3. The molecular formula is C46H56Br4N8O4. The van der Waals surface area contributed by atoms with Crippen LogP contribution < -0.4 is 0 Å². The maximum Gasteiger partial charge on any atom is 0.124 e. The third kappa shape index (κ3) is 17.9. The monoisotopic (exact) mass is 1100 g/mol. The molecule has 332 valence electrons. The van der Waals surface area contributed by atoms with Crippen molar-refractivity contribution in [2.45, 2.75) is 12.8 Å². The number of aromatic hydroxyl groups is 4. The summed E-state index contributed by atoms with van der Waals surface area (Å²) in [5.74, 6) is 0.810. The number of hydrogen-bond donors (Lipinski definition) is 4. The van der Waals surface area contributed by atoms with Crippen molar-refractivity contribution >= 4 is 88.6 Å². The van der Waals surface area contributed by atoms with Gasteiger partial charge in [-0.25, -0.2) is 0 Å². The maximum absolute atomic E-state index is 10.3. The quantitative estimate of drug-likeness (QED) is 0.0821. The van der Waals surface area contributed by atoms with Crippen LogP contribution in [0.2, 0.25) is 0 Å². The molecule has 1 heterocycles. The Morgan fingerprint density at radius 1 is 0.371 bits per heavy atom. The Morgan fingerprint density at radius 2 is 0.597 bits per heavy atom. The zero-order chi connectivity index (χ0) is 44.1. The van der Waals surface area contributed by atoms with Crippen LogP contribution in [0, 0.1) is 0 Å². The van der Waals surface area contributed by atoms with Crippen LogP contribution in [-0.4, -0.2) is 170 Å². The molecule has 0 radical (unpaired) electrons. The fourth-order valence-electron chi connectivity index (χ4n) is 6.91. The Kier molecular flexibility index (Phi) is 21.6. The molecule has 0 unspecified atom stereocenters. The largest absolute Gasteiger partial charge is 0.507 e. The van der Waals surface area contributed by atoms with Crippen LogP contribution in [-0.2, 0) is 0 Å². The molecule has 0 aromatic heterocycles. The zero-order valence-electron chi connectivity index (χ0n) is 34.8. The minimum atomic E-state index is 0.202. The SMILES string of the molecule is Oc1ccc(Br)cc1C=NCCN1CCCN(CCN=Cc2cc(Br)ccc2O)CCN(CCN=Cc2cc(Br)ccc2O)CCCN(CCN=Cc2cc(Br)ccc2O)CC1. The molecule has 0 spiro atoms. The van der Waals surface area contributed by atoms with Gasteiger partial charge in [0.05, 0.1) is 26.2 Å². The highest BCUT2D eigenvalue weighted by Crippen LogP contribution is 2.23. The van der Waals surface area contributed by atoms with Gasteiger partial charge in [-0.05, 0) is 112 Å². The van der Waals surface area contributed by atoms with Crippen molar-refractivity contribution in [3.8, 4) is 23.0 Å². The van der Waals surface area contributed by atoms with Gasteiger partial charge in [-0.15, -0.1) is 0 Å². The van der Waals surface area contributed by atoms with Crippen molar-refractivity contribution in [3.05, 3.63) is 113 Å². The van der Waals surface area contributed by atoms with E-state index in [0.717, 1.165) is 109 Å². The molecule has 0 aliphatic carbocycles. The van der Waals surface area contributed by atoms with E-state index in [1.165, 1.54) is 0 Å². The van der Waals surface area contributed by atoms with Crippen molar-refractivity contribution in [2.24, 2.45) is 20.0 Å². The lowest BCUT2D eigenvalue weighted by molar-refractivity contribution is 0.164. The van der Waals surface area contributed by atoms with Gasteiger partial charge in [0.15, 0.2) is 0 Å². The molecule has 4 N–H and O–H groups in total. The van der Waals surface area contributed by atoms with Crippen molar-refractivity contribution in [3.63, 3.8) is 0 Å². The lowest BCUT2D eigenvalue weighted by atomic mass is 10.2. The van der Waals surface area contributed by atoms with Gasteiger partial charge < -0.3 is 40.0 Å². The average molecular weight is 1100 g/mol. The van der Waals surface area contributed by atoms with Crippen molar-refractivity contribution < 1.29 is 20.4 Å². The van der Waals surface area contributed by atoms with Gasteiger partial charge in [0.1, 0.15) is 23.0 Å². The van der Waals surface area contributed by atoms with Crippen LogP contribution >= 0.6 is 63.7 Å². The van der Waals surface area contributed by atoms with Crippen LogP contribution in [0.3, 0.4) is 0 Å². The maximum atomic E-state index is 10.3. The molecule has 0 atom stereocenters. The summed E-state index contributed by atoms with van der Waals surface area (Å²) in [4.78, 5) is 28.7. The Morgan fingerprint density at radius 3 is 0.823 bits per heavy atom. The molecule has 1 fully saturated rings. The molecule has 62 heavy (non-hydrogen) atoms. The molecular weight excluding hydrogens is 1050 g/mol. The van der Waals surface area contributed by atoms with E-state index < -0.39 is 0 Å². The van der Waals surface area contributed by atoms with Gasteiger partial charge in [-0.2, -0.15) is 0 Å². The number of benzene rings is 4. The molecule has 0 bridgehead atoms. The Bertz CT molecular complexity index is 1840. The third-order valence-corrected chi connectivity index (χ3v) is 12.4. The van der Waals surface area contributed by atoms with Crippen LogP contribution in [0.4, 0.5) is 0 Å². The van der Waals surface area contributed by atoms with Crippen LogP contribution in [0.5, 0.6) is 23.0 Å². The summed E-state index contributed by atoms with van der Waals surface area (Å²) in [6.45, 7) is 12.6. The third-order valence-electron chi connectivity index (χ3n) is 10.4. The number of hydrogen-bond acceptors (Lipinski definition) is 12. The van der Waals surface area contributed by atoms with E-state index in [4.69, 9.17) is 20.0 Å². The van der Waals surface area contributed by atoms with E-state index in [-0.39, 0.29) is 23.0 Å². The van der Waals surface area contributed by atoms with Gasteiger partial charge in [-0.3, -0.25) is 20.0 Å². The second kappa shape index (κ2) is 27.0. The number of nitrogens with zero attached hydrogens (tertiary/aromatic N) is 8. The highest BCUT2D eigenvalue weighted by Gasteiger charge is 2.15. The van der Waals surface area contributed by atoms with E-state index >= 15 is 0 Å². The minimum absolute atomic E-state index is 0.202. The fraction of sp³-hybridized carbons (Fsp3) is 0.391. The molecule has 12 nitrogen and oxygen atoms in total. The van der Waals surface area contributed by atoms with E-state index in [0.29, 0.717) is 48.4 Å². The van der Waals surface area contributed by atoms with E-state index in [1.807, 2.05) is 48.5 Å². The molecule has 5 rings (SSSR count). The summed E-state index contributed by atoms with van der Waals surface area (Å²) in [6.07, 6.45) is 8.91. The first kappa shape index (κ1) is 49.5. The fourth-order valence-corrected chi connectivity index (χ4v) is 8.42. The number of rotatable bonds is 16. The van der Waals surface area contributed by atoms with Crippen LogP contribution in [0.25, 0.3) is 0 Å².